The molecule has 5 heteroatoms. The summed E-state index contributed by atoms with van der Waals surface area (Å²) in [5.74, 6) is 0.356. The van der Waals surface area contributed by atoms with E-state index >= 15 is 0 Å². The lowest BCUT2D eigenvalue weighted by Gasteiger charge is -2.31. The van der Waals surface area contributed by atoms with Gasteiger partial charge in [-0.3, -0.25) is 4.90 Å². The number of aromatic nitrogens is 1. The summed E-state index contributed by atoms with van der Waals surface area (Å²) in [5.41, 5.74) is 1.01. The number of benzene rings is 1. The van der Waals surface area contributed by atoms with Crippen molar-refractivity contribution < 1.29 is 9.13 Å². The maximum absolute atomic E-state index is 13.8. The van der Waals surface area contributed by atoms with Gasteiger partial charge in [-0.2, -0.15) is 5.26 Å². The first kappa shape index (κ1) is 14.4. The molecule has 23 heavy (non-hydrogen) atoms. The summed E-state index contributed by atoms with van der Waals surface area (Å²) in [7, 11) is 0. The van der Waals surface area contributed by atoms with Crippen molar-refractivity contribution in [1.29, 1.82) is 5.26 Å². The van der Waals surface area contributed by atoms with Crippen LogP contribution in [0.4, 0.5) is 4.39 Å². The number of hydrogen-bond donors (Lipinski definition) is 0. The second kappa shape index (κ2) is 5.47. The second-order valence-corrected chi connectivity index (χ2v) is 6.51. The van der Waals surface area contributed by atoms with E-state index in [-0.39, 0.29) is 5.54 Å². The molecule has 2 aliphatic heterocycles. The van der Waals surface area contributed by atoms with Gasteiger partial charge in [-0.1, -0.05) is 18.2 Å². The molecule has 4 rings (SSSR count). The Morgan fingerprint density at radius 2 is 2.30 bits per heavy atom. The fourth-order valence-electron chi connectivity index (χ4n) is 3.94. The molecule has 0 saturated carbocycles. The minimum absolute atomic E-state index is 0.223. The van der Waals surface area contributed by atoms with Crippen LogP contribution in [-0.2, 0) is 0 Å². The van der Waals surface area contributed by atoms with E-state index in [9.17, 15) is 9.65 Å². The fraction of sp³-hybridized carbons (Fsp3) is 0.444. The number of para-hydroxylation sites is 1. The summed E-state index contributed by atoms with van der Waals surface area (Å²) in [6, 6.07) is 11.6. The molecule has 1 aromatic carbocycles. The van der Waals surface area contributed by atoms with Gasteiger partial charge in [0.1, 0.15) is 24.4 Å². The zero-order valence-corrected chi connectivity index (χ0v) is 12.8. The van der Waals surface area contributed by atoms with Gasteiger partial charge in [-0.25, -0.2) is 9.37 Å². The topological polar surface area (TPSA) is 49.1 Å². The normalized spacial score (nSPS) is 27.0. The lowest BCUT2D eigenvalue weighted by atomic mass is 9.95. The number of hydrogen-bond acceptors (Lipinski definition) is 4. The minimum atomic E-state index is -0.779. The Hall–Kier alpha value is -2.19. The Morgan fingerprint density at radius 1 is 1.43 bits per heavy atom. The zero-order valence-electron chi connectivity index (χ0n) is 12.8. The number of halogens is 1. The van der Waals surface area contributed by atoms with E-state index in [2.05, 4.69) is 16.0 Å². The van der Waals surface area contributed by atoms with Crippen molar-refractivity contribution in [3.8, 4) is 11.9 Å². The molecule has 0 spiro atoms. The Morgan fingerprint density at radius 3 is 3.17 bits per heavy atom. The highest BCUT2D eigenvalue weighted by molar-refractivity contribution is 5.80. The predicted octanol–water partition coefficient (Wildman–Crippen LogP) is 3.06. The van der Waals surface area contributed by atoms with Crippen LogP contribution in [0.1, 0.15) is 24.8 Å². The monoisotopic (exact) mass is 311 g/mol. The summed E-state index contributed by atoms with van der Waals surface area (Å²) >= 11 is 0. The quantitative estimate of drug-likeness (QED) is 0.874. The summed E-state index contributed by atoms with van der Waals surface area (Å²) in [6.45, 7) is 1.83. The zero-order chi connectivity index (χ0) is 15.9. The molecule has 2 fully saturated rings. The van der Waals surface area contributed by atoms with Crippen molar-refractivity contribution in [3.05, 3.63) is 35.9 Å². The van der Waals surface area contributed by atoms with Gasteiger partial charge in [-0.05, 0) is 31.5 Å². The van der Waals surface area contributed by atoms with Gasteiger partial charge in [0, 0.05) is 18.4 Å². The first-order valence-electron chi connectivity index (χ1n) is 8.02. The van der Waals surface area contributed by atoms with Crippen molar-refractivity contribution in [3.63, 3.8) is 0 Å². The van der Waals surface area contributed by atoms with Crippen LogP contribution in [-0.4, -0.2) is 41.3 Å². The number of pyridine rings is 1. The van der Waals surface area contributed by atoms with E-state index in [4.69, 9.17) is 4.74 Å². The smallest absolute Gasteiger partial charge is 0.232 e. The van der Waals surface area contributed by atoms with Gasteiger partial charge >= 0.3 is 0 Å². The van der Waals surface area contributed by atoms with Gasteiger partial charge in [-0.15, -0.1) is 0 Å². The van der Waals surface area contributed by atoms with Gasteiger partial charge in [0.05, 0.1) is 11.1 Å². The van der Waals surface area contributed by atoms with Crippen molar-refractivity contribution in [2.24, 2.45) is 0 Å². The molecule has 2 aromatic rings. The van der Waals surface area contributed by atoms with Crippen LogP contribution < -0.4 is 4.74 Å². The number of rotatable bonds is 3. The molecule has 118 valence electrons. The minimum Gasteiger partial charge on any atom is -0.475 e. The van der Waals surface area contributed by atoms with E-state index in [1.165, 1.54) is 0 Å². The summed E-state index contributed by atoms with van der Waals surface area (Å²) < 4.78 is 19.7. The van der Waals surface area contributed by atoms with E-state index in [1.807, 2.05) is 24.3 Å². The highest BCUT2D eigenvalue weighted by Crippen LogP contribution is 2.40. The highest BCUT2D eigenvalue weighted by Gasteiger charge is 2.49. The van der Waals surface area contributed by atoms with Crippen molar-refractivity contribution >= 4 is 10.9 Å². The van der Waals surface area contributed by atoms with Crippen LogP contribution in [0.25, 0.3) is 10.9 Å². The Bertz CT molecular complexity index is 787. The van der Waals surface area contributed by atoms with E-state index < -0.39 is 6.17 Å². The van der Waals surface area contributed by atoms with Gasteiger partial charge in [0.2, 0.25) is 5.88 Å². The molecule has 3 heterocycles. The summed E-state index contributed by atoms with van der Waals surface area (Å²) in [4.78, 5) is 6.68. The predicted molar refractivity (Wildman–Crippen MR) is 85.0 cm³/mol. The maximum atomic E-state index is 13.8. The Balaban J connectivity index is 1.62. The van der Waals surface area contributed by atoms with E-state index in [1.54, 1.807) is 6.07 Å². The van der Waals surface area contributed by atoms with Crippen molar-refractivity contribution in [2.45, 2.75) is 31.0 Å². The third kappa shape index (κ3) is 2.43. The number of ether oxygens (including phenoxy) is 1. The summed E-state index contributed by atoms with van der Waals surface area (Å²) in [6.07, 6.45) is 1.76. The van der Waals surface area contributed by atoms with Gasteiger partial charge in [0.25, 0.3) is 0 Å². The SMILES string of the molecule is N#Cc1cc2ccccc2nc1OC[C@@]12CCCN1C[C@H](F)C2. The number of fused-ring (bicyclic) bond motifs is 2. The third-order valence-corrected chi connectivity index (χ3v) is 5.05. The van der Waals surface area contributed by atoms with E-state index in [0.29, 0.717) is 31.0 Å². The summed E-state index contributed by atoms with van der Waals surface area (Å²) in [5, 5.41) is 10.3. The van der Waals surface area contributed by atoms with Crippen LogP contribution in [0.2, 0.25) is 0 Å². The standard InChI is InChI=1S/C18H18FN3O/c19-15-9-18(6-3-7-22(18)11-15)12-23-17-14(10-20)8-13-4-1-2-5-16(13)21-17/h1-2,4-5,8,15H,3,6-7,9,11-12H2/t15-,18+/m1/s1. The van der Waals surface area contributed by atoms with Crippen LogP contribution in [0, 0.1) is 11.3 Å². The number of nitriles is 1. The molecule has 2 atom stereocenters. The Kier molecular flexibility index (Phi) is 3.42. The molecule has 0 aliphatic carbocycles. The molecule has 4 nitrogen and oxygen atoms in total. The largest absolute Gasteiger partial charge is 0.475 e. The van der Waals surface area contributed by atoms with Crippen molar-refractivity contribution in [1.82, 2.24) is 9.88 Å². The van der Waals surface area contributed by atoms with Gasteiger partial charge in [0.15, 0.2) is 0 Å². The van der Waals surface area contributed by atoms with E-state index in [0.717, 1.165) is 30.3 Å². The van der Waals surface area contributed by atoms with Crippen LogP contribution in [0.5, 0.6) is 5.88 Å². The van der Waals surface area contributed by atoms with Crippen LogP contribution in [0.15, 0.2) is 30.3 Å². The molecule has 1 aromatic heterocycles. The molecule has 0 amide bonds. The molecule has 2 saturated heterocycles. The maximum Gasteiger partial charge on any atom is 0.232 e. The molecule has 0 bridgehead atoms. The molecular weight excluding hydrogens is 293 g/mol. The lowest BCUT2D eigenvalue weighted by Crippen LogP contribution is -2.43. The first-order valence-corrected chi connectivity index (χ1v) is 8.02. The molecular formula is C18H18FN3O. The number of nitrogens with zero attached hydrogens (tertiary/aromatic N) is 3. The molecule has 0 radical (unpaired) electrons. The third-order valence-electron chi connectivity index (χ3n) is 5.05. The highest BCUT2D eigenvalue weighted by atomic mass is 19.1. The molecule has 2 aliphatic rings. The number of alkyl halides is 1. The lowest BCUT2D eigenvalue weighted by molar-refractivity contribution is 0.110. The average molecular weight is 311 g/mol. The van der Waals surface area contributed by atoms with Gasteiger partial charge < -0.3 is 4.74 Å². The van der Waals surface area contributed by atoms with Crippen LogP contribution >= 0.6 is 0 Å². The van der Waals surface area contributed by atoms with Crippen LogP contribution in [0.3, 0.4) is 0 Å². The first-order chi connectivity index (χ1) is 11.2. The average Bonchev–Trinajstić information content (AvgIpc) is 3.07. The molecule has 0 unspecified atom stereocenters. The van der Waals surface area contributed by atoms with Crippen molar-refractivity contribution in [2.75, 3.05) is 19.7 Å². The second-order valence-electron chi connectivity index (χ2n) is 6.51. The Labute approximate surface area is 134 Å². The fourth-order valence-corrected chi connectivity index (χ4v) is 3.94. The molecule has 0 N–H and O–H groups in total.